The van der Waals surface area contributed by atoms with Gasteiger partial charge in [-0.05, 0) is 32.0 Å². The van der Waals surface area contributed by atoms with Crippen LogP contribution in [0.1, 0.15) is 35.5 Å². The number of anilines is 2. The highest BCUT2D eigenvalue weighted by Gasteiger charge is 2.44. The predicted molar refractivity (Wildman–Crippen MR) is 138 cm³/mol. The summed E-state index contributed by atoms with van der Waals surface area (Å²) in [6.45, 7) is 3.40. The number of nitrogens with one attached hydrogen (secondary N) is 2. The minimum absolute atomic E-state index is 0.0551. The zero-order chi connectivity index (χ0) is 27.3. The van der Waals surface area contributed by atoms with E-state index in [9.17, 15) is 18.4 Å². The lowest BCUT2D eigenvalue weighted by Crippen LogP contribution is -2.29. The molecule has 0 saturated carbocycles. The SMILES string of the molecule is CC1(C)C(=O)Nc2nc(-c3nn(Cc4ccccc4F)c4ncccc34)nc(C(=O)Nc3cncc(F)c3)c21. The molecule has 0 spiro atoms. The van der Waals surface area contributed by atoms with Crippen LogP contribution in [-0.2, 0) is 16.8 Å². The van der Waals surface area contributed by atoms with Crippen LogP contribution in [0.3, 0.4) is 0 Å². The average molecular weight is 527 g/mol. The Morgan fingerprint density at radius 1 is 1.10 bits per heavy atom. The van der Waals surface area contributed by atoms with E-state index in [0.717, 1.165) is 12.3 Å². The van der Waals surface area contributed by atoms with Gasteiger partial charge in [-0.2, -0.15) is 5.10 Å². The molecule has 194 valence electrons. The number of nitrogens with zero attached hydrogens (tertiary/aromatic N) is 6. The fraction of sp³-hybridized carbons (Fsp3) is 0.148. The molecule has 0 fully saturated rings. The lowest BCUT2D eigenvalue weighted by Gasteiger charge is -2.18. The molecule has 12 heteroatoms. The number of aromatic nitrogens is 6. The molecule has 4 aromatic heterocycles. The van der Waals surface area contributed by atoms with Crippen LogP contribution in [0.2, 0.25) is 0 Å². The molecule has 39 heavy (non-hydrogen) atoms. The number of hydrogen-bond acceptors (Lipinski definition) is 7. The highest BCUT2D eigenvalue weighted by atomic mass is 19.1. The van der Waals surface area contributed by atoms with Crippen LogP contribution >= 0.6 is 0 Å². The first-order valence-corrected chi connectivity index (χ1v) is 11.9. The summed E-state index contributed by atoms with van der Waals surface area (Å²) in [5, 5.41) is 10.5. The molecule has 1 aliphatic rings. The maximum absolute atomic E-state index is 14.4. The summed E-state index contributed by atoms with van der Waals surface area (Å²) in [6.07, 6.45) is 3.89. The second-order valence-corrected chi connectivity index (χ2v) is 9.52. The van der Waals surface area contributed by atoms with Crippen molar-refractivity contribution in [3.05, 3.63) is 89.5 Å². The van der Waals surface area contributed by atoms with Gasteiger partial charge in [-0.25, -0.2) is 28.4 Å². The van der Waals surface area contributed by atoms with Crippen LogP contribution < -0.4 is 10.6 Å². The van der Waals surface area contributed by atoms with Gasteiger partial charge < -0.3 is 10.6 Å². The van der Waals surface area contributed by atoms with Crippen molar-refractivity contribution in [1.82, 2.24) is 29.7 Å². The molecule has 5 heterocycles. The molecule has 0 bridgehead atoms. The second kappa shape index (κ2) is 9.01. The van der Waals surface area contributed by atoms with Crippen molar-refractivity contribution >= 4 is 34.4 Å². The molecule has 0 unspecified atom stereocenters. The van der Waals surface area contributed by atoms with E-state index in [-0.39, 0.29) is 47.0 Å². The van der Waals surface area contributed by atoms with Crippen LogP contribution in [0.25, 0.3) is 22.6 Å². The molecule has 0 saturated heterocycles. The highest BCUT2D eigenvalue weighted by molar-refractivity contribution is 6.12. The summed E-state index contributed by atoms with van der Waals surface area (Å²) in [5.74, 6) is -1.83. The lowest BCUT2D eigenvalue weighted by atomic mass is 9.85. The summed E-state index contributed by atoms with van der Waals surface area (Å²) in [7, 11) is 0. The molecule has 5 aromatic rings. The van der Waals surface area contributed by atoms with Crippen molar-refractivity contribution in [1.29, 1.82) is 0 Å². The summed E-state index contributed by atoms with van der Waals surface area (Å²) < 4.78 is 29.6. The van der Waals surface area contributed by atoms with E-state index in [2.05, 4.69) is 35.7 Å². The Morgan fingerprint density at radius 2 is 1.92 bits per heavy atom. The lowest BCUT2D eigenvalue weighted by molar-refractivity contribution is -0.119. The zero-order valence-corrected chi connectivity index (χ0v) is 20.7. The number of amides is 2. The van der Waals surface area contributed by atoms with Gasteiger partial charge in [0.15, 0.2) is 11.5 Å². The largest absolute Gasteiger partial charge is 0.319 e. The minimum Gasteiger partial charge on any atom is -0.319 e. The van der Waals surface area contributed by atoms with Crippen LogP contribution in [0.15, 0.2) is 61.1 Å². The van der Waals surface area contributed by atoms with Gasteiger partial charge in [0.25, 0.3) is 5.91 Å². The fourth-order valence-corrected chi connectivity index (χ4v) is 4.53. The quantitative estimate of drug-likeness (QED) is 0.353. The number of rotatable bonds is 5. The normalized spacial score (nSPS) is 13.8. The molecular formula is C27H20F2N8O2. The Kier molecular flexibility index (Phi) is 5.60. The predicted octanol–water partition coefficient (Wildman–Crippen LogP) is 4.09. The van der Waals surface area contributed by atoms with Gasteiger partial charge in [0.1, 0.15) is 28.8 Å². The number of benzene rings is 1. The van der Waals surface area contributed by atoms with Gasteiger partial charge >= 0.3 is 0 Å². The summed E-state index contributed by atoms with van der Waals surface area (Å²) in [5.41, 5.74) is 0.377. The number of fused-ring (bicyclic) bond motifs is 2. The van der Waals surface area contributed by atoms with E-state index in [4.69, 9.17) is 0 Å². The van der Waals surface area contributed by atoms with Gasteiger partial charge in [-0.3, -0.25) is 14.6 Å². The van der Waals surface area contributed by atoms with E-state index < -0.39 is 17.1 Å². The molecule has 2 N–H and O–H groups in total. The molecule has 1 aromatic carbocycles. The van der Waals surface area contributed by atoms with Crippen molar-refractivity contribution < 1.29 is 18.4 Å². The van der Waals surface area contributed by atoms with Crippen molar-refractivity contribution in [2.24, 2.45) is 0 Å². The molecule has 1 aliphatic heterocycles. The summed E-state index contributed by atoms with van der Waals surface area (Å²) in [6, 6.07) is 10.9. The van der Waals surface area contributed by atoms with E-state index >= 15 is 0 Å². The van der Waals surface area contributed by atoms with E-state index in [1.165, 1.54) is 16.9 Å². The molecule has 10 nitrogen and oxygen atoms in total. The zero-order valence-electron chi connectivity index (χ0n) is 20.7. The monoisotopic (exact) mass is 526 g/mol. The Hall–Kier alpha value is -5.13. The summed E-state index contributed by atoms with van der Waals surface area (Å²) in [4.78, 5) is 43.5. The molecular weight excluding hydrogens is 506 g/mol. The van der Waals surface area contributed by atoms with Crippen LogP contribution in [0.4, 0.5) is 20.3 Å². The minimum atomic E-state index is -1.12. The second-order valence-electron chi connectivity index (χ2n) is 9.52. The van der Waals surface area contributed by atoms with Crippen LogP contribution in [-0.4, -0.2) is 41.5 Å². The molecule has 0 aliphatic carbocycles. The number of carbonyl (C=O) groups excluding carboxylic acids is 2. The number of halogens is 2. The highest BCUT2D eigenvalue weighted by Crippen LogP contribution is 2.40. The van der Waals surface area contributed by atoms with Gasteiger partial charge in [0.05, 0.1) is 35.4 Å². The number of hydrogen-bond donors (Lipinski definition) is 2. The Bertz CT molecular complexity index is 1800. The molecule has 0 atom stereocenters. The number of pyridine rings is 2. The van der Waals surface area contributed by atoms with Crippen molar-refractivity contribution in [3.8, 4) is 11.5 Å². The fourth-order valence-electron chi connectivity index (χ4n) is 4.53. The maximum Gasteiger partial charge on any atom is 0.274 e. The maximum atomic E-state index is 14.4. The third-order valence-corrected chi connectivity index (χ3v) is 6.51. The molecule has 0 radical (unpaired) electrons. The van der Waals surface area contributed by atoms with Crippen LogP contribution in [0.5, 0.6) is 0 Å². The smallest absolute Gasteiger partial charge is 0.274 e. The molecule has 6 rings (SSSR count). The first-order chi connectivity index (χ1) is 18.7. The standard InChI is InChI=1S/C27H20F2N8O2/c1-27(2)19-21(25(38)32-16-10-15(28)11-30-12-16)33-23(34-22(19)35-26(27)39)20-17-7-5-9-31-24(17)37(36-20)13-14-6-3-4-8-18(14)29/h3-12H,13H2,1-2H3,(H,32,38)(H,33,34,35,39). The van der Waals surface area contributed by atoms with E-state index in [1.54, 1.807) is 50.4 Å². The van der Waals surface area contributed by atoms with Crippen molar-refractivity contribution in [2.75, 3.05) is 10.6 Å². The van der Waals surface area contributed by atoms with Crippen molar-refractivity contribution in [2.45, 2.75) is 25.8 Å². The van der Waals surface area contributed by atoms with Gasteiger partial charge in [-0.15, -0.1) is 0 Å². The van der Waals surface area contributed by atoms with Crippen LogP contribution in [0, 0.1) is 11.6 Å². The average Bonchev–Trinajstić information content (AvgIpc) is 3.38. The van der Waals surface area contributed by atoms with Crippen molar-refractivity contribution in [3.63, 3.8) is 0 Å². The summed E-state index contributed by atoms with van der Waals surface area (Å²) >= 11 is 0. The topological polar surface area (TPSA) is 128 Å². The van der Waals surface area contributed by atoms with Gasteiger partial charge in [0, 0.05) is 23.4 Å². The first-order valence-electron chi connectivity index (χ1n) is 11.9. The van der Waals surface area contributed by atoms with E-state index in [0.29, 0.717) is 22.2 Å². The third kappa shape index (κ3) is 4.15. The van der Waals surface area contributed by atoms with Gasteiger partial charge in [-0.1, -0.05) is 18.2 Å². The van der Waals surface area contributed by atoms with E-state index in [1.807, 2.05) is 0 Å². The Balaban J connectivity index is 1.50. The number of carbonyl (C=O) groups is 2. The third-order valence-electron chi connectivity index (χ3n) is 6.51. The first kappa shape index (κ1) is 24.2. The molecule has 2 amide bonds. The Labute approximate surface area is 220 Å². The Morgan fingerprint density at radius 3 is 2.72 bits per heavy atom. The van der Waals surface area contributed by atoms with Gasteiger partial charge in [0.2, 0.25) is 5.91 Å².